The first-order valence-corrected chi connectivity index (χ1v) is 6.43. The Labute approximate surface area is 103 Å². The van der Waals surface area contributed by atoms with E-state index < -0.39 is 0 Å². The lowest BCUT2D eigenvalue weighted by molar-refractivity contribution is -0.127. The summed E-state index contributed by atoms with van der Waals surface area (Å²) in [4.78, 5) is 26.4. The van der Waals surface area contributed by atoms with Gasteiger partial charge in [-0.2, -0.15) is 0 Å². The fourth-order valence-corrected chi connectivity index (χ4v) is 2.88. The maximum atomic E-state index is 12.1. The molecule has 2 fully saturated rings. The molecule has 2 rings (SSSR count). The van der Waals surface area contributed by atoms with Gasteiger partial charge < -0.3 is 4.90 Å². The molecule has 1 aliphatic carbocycles. The van der Waals surface area contributed by atoms with Crippen LogP contribution in [0.3, 0.4) is 0 Å². The molecule has 1 aliphatic heterocycles. The third-order valence-electron chi connectivity index (χ3n) is 3.78. The minimum Gasteiger partial charge on any atom is -0.374 e. The molecular weight excluding hydrogens is 214 g/mol. The number of nitrogens with zero attached hydrogens (tertiary/aromatic N) is 1. The molecule has 1 heterocycles. The van der Waals surface area contributed by atoms with Crippen molar-refractivity contribution in [1.29, 1.82) is 0 Å². The zero-order valence-electron chi connectivity index (χ0n) is 11.0. The van der Waals surface area contributed by atoms with Crippen molar-refractivity contribution in [3.05, 3.63) is 11.3 Å². The van der Waals surface area contributed by atoms with Crippen LogP contribution in [0.1, 0.15) is 46.5 Å². The van der Waals surface area contributed by atoms with E-state index in [0.29, 0.717) is 18.4 Å². The summed E-state index contributed by atoms with van der Waals surface area (Å²) < 4.78 is 0. The van der Waals surface area contributed by atoms with Crippen molar-refractivity contribution >= 4 is 11.6 Å². The first-order chi connectivity index (χ1) is 7.91. The minimum absolute atomic E-state index is 0.0376. The number of Topliss-reactive ketones (excluding diaryl/α,β-unsaturated/α-hetero) is 2. The largest absolute Gasteiger partial charge is 0.374 e. The van der Waals surface area contributed by atoms with Gasteiger partial charge in [0, 0.05) is 31.6 Å². The van der Waals surface area contributed by atoms with E-state index in [1.165, 1.54) is 12.8 Å². The Hall–Kier alpha value is -1.12. The molecule has 0 N–H and O–H groups in total. The van der Waals surface area contributed by atoms with Gasteiger partial charge in [-0.25, -0.2) is 0 Å². The van der Waals surface area contributed by atoms with E-state index in [9.17, 15) is 9.59 Å². The average Bonchev–Trinajstić information content (AvgIpc) is 2.66. The molecule has 0 unspecified atom stereocenters. The van der Waals surface area contributed by atoms with E-state index in [2.05, 4.69) is 4.90 Å². The van der Waals surface area contributed by atoms with Gasteiger partial charge in [-0.3, -0.25) is 9.59 Å². The molecular formula is C14H21NO2. The third-order valence-corrected chi connectivity index (χ3v) is 3.78. The fourth-order valence-electron chi connectivity index (χ4n) is 2.88. The lowest BCUT2D eigenvalue weighted by Gasteiger charge is -2.31. The Kier molecular flexibility index (Phi) is 3.11. The number of hydrogen-bond acceptors (Lipinski definition) is 3. The van der Waals surface area contributed by atoms with Crippen LogP contribution in [0.5, 0.6) is 0 Å². The topological polar surface area (TPSA) is 37.4 Å². The van der Waals surface area contributed by atoms with Crippen LogP contribution in [0.4, 0.5) is 0 Å². The van der Waals surface area contributed by atoms with Crippen LogP contribution in [-0.2, 0) is 9.59 Å². The average molecular weight is 235 g/mol. The lowest BCUT2D eigenvalue weighted by Crippen LogP contribution is -2.34. The first kappa shape index (κ1) is 12.3. The summed E-state index contributed by atoms with van der Waals surface area (Å²) in [6, 6.07) is 0. The fraction of sp³-hybridized carbons (Fsp3) is 0.714. The minimum atomic E-state index is -0.164. The Balaban J connectivity index is 2.28. The Morgan fingerprint density at radius 1 is 1.06 bits per heavy atom. The van der Waals surface area contributed by atoms with Crippen molar-refractivity contribution < 1.29 is 9.59 Å². The second-order valence-corrected chi connectivity index (χ2v) is 6.02. The Bertz CT molecular complexity index is 365. The molecule has 0 aromatic carbocycles. The molecule has 1 saturated carbocycles. The molecule has 2 aliphatic rings. The number of rotatable bonds is 1. The quantitative estimate of drug-likeness (QED) is 0.517. The van der Waals surface area contributed by atoms with Crippen molar-refractivity contribution in [3.8, 4) is 0 Å². The van der Waals surface area contributed by atoms with Crippen molar-refractivity contribution in [2.24, 2.45) is 5.41 Å². The SMILES string of the molecule is CC(=C1C(=O)CC(C)(C)CC1=O)N1CCCC1. The van der Waals surface area contributed by atoms with Crippen molar-refractivity contribution in [2.75, 3.05) is 13.1 Å². The zero-order valence-corrected chi connectivity index (χ0v) is 11.0. The molecule has 3 nitrogen and oxygen atoms in total. The lowest BCUT2D eigenvalue weighted by atomic mass is 9.73. The van der Waals surface area contributed by atoms with E-state index in [-0.39, 0.29) is 17.0 Å². The number of carbonyl (C=O) groups excluding carboxylic acids is 2. The number of allylic oxidation sites excluding steroid dienone is 2. The molecule has 1 saturated heterocycles. The van der Waals surface area contributed by atoms with Crippen LogP contribution in [0.2, 0.25) is 0 Å². The van der Waals surface area contributed by atoms with Crippen LogP contribution >= 0.6 is 0 Å². The summed E-state index contributed by atoms with van der Waals surface area (Å²) in [5.41, 5.74) is 1.22. The second kappa shape index (κ2) is 4.28. The summed E-state index contributed by atoms with van der Waals surface area (Å²) in [6.45, 7) is 7.88. The van der Waals surface area contributed by atoms with E-state index in [1.54, 1.807) is 0 Å². The first-order valence-electron chi connectivity index (χ1n) is 6.43. The third kappa shape index (κ3) is 2.43. The molecule has 0 aromatic heterocycles. The summed E-state index contributed by atoms with van der Waals surface area (Å²) in [5.74, 6) is 0.0753. The maximum Gasteiger partial charge on any atom is 0.168 e. The number of likely N-dealkylation sites (tertiary alicyclic amines) is 1. The molecule has 3 heteroatoms. The second-order valence-electron chi connectivity index (χ2n) is 6.02. The number of carbonyl (C=O) groups is 2. The van der Waals surface area contributed by atoms with Crippen molar-refractivity contribution in [1.82, 2.24) is 4.90 Å². The molecule has 0 aromatic rings. The van der Waals surface area contributed by atoms with E-state index in [1.807, 2.05) is 20.8 Å². The van der Waals surface area contributed by atoms with Gasteiger partial charge in [-0.15, -0.1) is 0 Å². The highest BCUT2D eigenvalue weighted by molar-refractivity contribution is 6.22. The van der Waals surface area contributed by atoms with Gasteiger partial charge in [0.15, 0.2) is 11.6 Å². The molecule has 0 atom stereocenters. The van der Waals surface area contributed by atoms with Gasteiger partial charge in [0.2, 0.25) is 0 Å². The van der Waals surface area contributed by atoms with E-state index in [0.717, 1.165) is 18.8 Å². The van der Waals surface area contributed by atoms with Gasteiger partial charge >= 0.3 is 0 Å². The molecule has 17 heavy (non-hydrogen) atoms. The number of hydrogen-bond donors (Lipinski definition) is 0. The van der Waals surface area contributed by atoms with Crippen molar-refractivity contribution in [2.45, 2.75) is 46.5 Å². The maximum absolute atomic E-state index is 12.1. The van der Waals surface area contributed by atoms with Crippen molar-refractivity contribution in [3.63, 3.8) is 0 Å². The van der Waals surface area contributed by atoms with Crippen LogP contribution in [-0.4, -0.2) is 29.6 Å². The highest BCUT2D eigenvalue weighted by Crippen LogP contribution is 2.35. The van der Waals surface area contributed by atoms with Crippen LogP contribution in [0.15, 0.2) is 11.3 Å². The molecule has 0 bridgehead atoms. The number of ketones is 2. The Morgan fingerprint density at radius 3 is 2.00 bits per heavy atom. The van der Waals surface area contributed by atoms with E-state index in [4.69, 9.17) is 0 Å². The monoisotopic (exact) mass is 235 g/mol. The molecule has 0 amide bonds. The van der Waals surface area contributed by atoms with Gasteiger partial charge in [0.1, 0.15) is 0 Å². The predicted octanol–water partition coefficient (Wildman–Crippen LogP) is 2.31. The van der Waals surface area contributed by atoms with E-state index >= 15 is 0 Å². The Morgan fingerprint density at radius 2 is 1.53 bits per heavy atom. The normalized spacial score (nSPS) is 24.4. The van der Waals surface area contributed by atoms with Crippen LogP contribution in [0, 0.1) is 5.41 Å². The summed E-state index contributed by atoms with van der Waals surface area (Å²) in [5, 5.41) is 0. The van der Waals surface area contributed by atoms with Gasteiger partial charge in [-0.1, -0.05) is 13.8 Å². The summed E-state index contributed by atoms with van der Waals surface area (Å²) in [7, 11) is 0. The van der Waals surface area contributed by atoms with Crippen LogP contribution in [0.25, 0.3) is 0 Å². The van der Waals surface area contributed by atoms with Gasteiger partial charge in [0.05, 0.1) is 5.57 Å². The standard InChI is InChI=1S/C14H21NO2/c1-10(15-6-4-5-7-15)13-11(16)8-14(2,3)9-12(13)17/h4-9H2,1-3H3. The van der Waals surface area contributed by atoms with Gasteiger partial charge in [0.25, 0.3) is 0 Å². The molecule has 0 radical (unpaired) electrons. The highest BCUT2D eigenvalue weighted by Gasteiger charge is 2.37. The summed E-state index contributed by atoms with van der Waals surface area (Å²) >= 11 is 0. The predicted molar refractivity (Wildman–Crippen MR) is 66.5 cm³/mol. The van der Waals surface area contributed by atoms with Crippen LogP contribution < -0.4 is 0 Å². The summed E-state index contributed by atoms with van der Waals surface area (Å²) in [6.07, 6.45) is 3.33. The molecule has 94 valence electrons. The highest BCUT2D eigenvalue weighted by atomic mass is 16.2. The molecule has 0 spiro atoms. The smallest absolute Gasteiger partial charge is 0.168 e. The zero-order chi connectivity index (χ0) is 12.6. The van der Waals surface area contributed by atoms with Gasteiger partial charge in [-0.05, 0) is 25.2 Å².